The smallest absolute Gasteiger partial charge is 0.272 e. The van der Waals surface area contributed by atoms with Gasteiger partial charge in [0.15, 0.2) is 11.6 Å². The zero-order valence-corrected chi connectivity index (χ0v) is 11.0. The summed E-state index contributed by atoms with van der Waals surface area (Å²) in [5.41, 5.74) is -0.138. The van der Waals surface area contributed by atoms with Gasteiger partial charge in [0.2, 0.25) is 0 Å². The summed E-state index contributed by atoms with van der Waals surface area (Å²) in [7, 11) is 1.67. The van der Waals surface area contributed by atoms with E-state index in [-0.39, 0.29) is 4.47 Å². The molecule has 1 heterocycles. The van der Waals surface area contributed by atoms with Crippen molar-refractivity contribution in [1.82, 2.24) is 4.57 Å². The molecule has 0 aliphatic heterocycles. The SMILES string of the molecule is Cn1cccc1C(=O)Nc1c(F)cc(Br)cc1F. The number of aromatic nitrogens is 1. The molecule has 1 amide bonds. The summed E-state index contributed by atoms with van der Waals surface area (Å²) in [6, 6.07) is 5.40. The molecule has 1 aromatic carbocycles. The van der Waals surface area contributed by atoms with Crippen molar-refractivity contribution >= 4 is 27.5 Å². The summed E-state index contributed by atoms with van der Waals surface area (Å²) in [6.07, 6.45) is 1.67. The van der Waals surface area contributed by atoms with Crippen LogP contribution in [0.4, 0.5) is 14.5 Å². The summed E-state index contributed by atoms with van der Waals surface area (Å²) in [4.78, 5) is 11.8. The molecule has 2 aromatic rings. The average Bonchev–Trinajstić information content (AvgIpc) is 2.69. The number of carbonyl (C=O) groups excluding carboxylic acids is 1. The maximum atomic E-state index is 13.5. The minimum atomic E-state index is -0.829. The highest BCUT2D eigenvalue weighted by Gasteiger charge is 2.16. The Morgan fingerprint density at radius 1 is 1.33 bits per heavy atom. The van der Waals surface area contributed by atoms with Gasteiger partial charge in [-0.3, -0.25) is 4.79 Å². The predicted octanol–water partition coefficient (Wildman–Crippen LogP) is 3.32. The fourth-order valence-electron chi connectivity index (χ4n) is 1.54. The van der Waals surface area contributed by atoms with Crippen molar-refractivity contribution in [3.05, 3.63) is 52.3 Å². The highest BCUT2D eigenvalue weighted by Crippen LogP contribution is 2.24. The lowest BCUT2D eigenvalue weighted by Crippen LogP contribution is -2.17. The third kappa shape index (κ3) is 2.43. The lowest BCUT2D eigenvalue weighted by Gasteiger charge is -2.08. The normalized spacial score (nSPS) is 10.4. The van der Waals surface area contributed by atoms with Crippen molar-refractivity contribution in [2.45, 2.75) is 0 Å². The molecule has 1 aromatic heterocycles. The molecule has 1 N–H and O–H groups in total. The molecule has 0 aliphatic carbocycles. The molecule has 0 atom stereocenters. The van der Waals surface area contributed by atoms with Gasteiger partial charge in [-0.1, -0.05) is 15.9 Å². The number of carbonyl (C=O) groups is 1. The van der Waals surface area contributed by atoms with E-state index in [0.29, 0.717) is 5.69 Å². The number of amides is 1. The van der Waals surface area contributed by atoms with Crippen LogP contribution < -0.4 is 5.32 Å². The van der Waals surface area contributed by atoms with Crippen LogP contribution in [-0.4, -0.2) is 10.5 Å². The van der Waals surface area contributed by atoms with Crippen LogP contribution in [0.5, 0.6) is 0 Å². The molecule has 0 bridgehead atoms. The quantitative estimate of drug-likeness (QED) is 0.906. The molecule has 0 unspecified atom stereocenters. The van der Waals surface area contributed by atoms with Gasteiger partial charge in [-0.25, -0.2) is 8.78 Å². The predicted molar refractivity (Wildman–Crippen MR) is 67.4 cm³/mol. The van der Waals surface area contributed by atoms with E-state index in [2.05, 4.69) is 21.2 Å². The van der Waals surface area contributed by atoms with Gasteiger partial charge in [0.25, 0.3) is 5.91 Å². The first-order valence-corrected chi connectivity index (χ1v) is 5.85. The Kier molecular flexibility index (Phi) is 3.47. The molecule has 6 heteroatoms. The van der Waals surface area contributed by atoms with Crippen LogP contribution >= 0.6 is 15.9 Å². The Morgan fingerprint density at radius 3 is 2.44 bits per heavy atom. The van der Waals surface area contributed by atoms with Crippen LogP contribution in [0.3, 0.4) is 0 Å². The zero-order chi connectivity index (χ0) is 13.3. The summed E-state index contributed by atoms with van der Waals surface area (Å²) in [5.74, 6) is -2.23. The first-order valence-electron chi connectivity index (χ1n) is 5.06. The molecule has 0 saturated heterocycles. The largest absolute Gasteiger partial charge is 0.347 e. The molecular weight excluding hydrogens is 306 g/mol. The highest BCUT2D eigenvalue weighted by atomic mass is 79.9. The molecule has 0 radical (unpaired) electrons. The van der Waals surface area contributed by atoms with Crippen molar-refractivity contribution in [3.63, 3.8) is 0 Å². The summed E-state index contributed by atoms with van der Waals surface area (Å²) in [5, 5.41) is 2.22. The maximum absolute atomic E-state index is 13.5. The van der Waals surface area contributed by atoms with E-state index in [1.54, 1.807) is 29.9 Å². The second-order valence-electron chi connectivity index (χ2n) is 3.70. The van der Waals surface area contributed by atoms with Gasteiger partial charge < -0.3 is 9.88 Å². The van der Waals surface area contributed by atoms with Crippen molar-refractivity contribution in [2.75, 3.05) is 5.32 Å². The third-order valence-corrected chi connectivity index (χ3v) is 2.88. The molecule has 2 rings (SSSR count). The molecule has 0 aliphatic rings. The summed E-state index contributed by atoms with van der Waals surface area (Å²) in [6.45, 7) is 0. The van der Waals surface area contributed by atoms with Crippen LogP contribution in [-0.2, 0) is 7.05 Å². The second-order valence-corrected chi connectivity index (χ2v) is 4.62. The molecule has 18 heavy (non-hydrogen) atoms. The van der Waals surface area contributed by atoms with Gasteiger partial charge in [-0.2, -0.15) is 0 Å². The van der Waals surface area contributed by atoms with E-state index in [0.717, 1.165) is 12.1 Å². The number of halogens is 3. The van der Waals surface area contributed by atoms with Crippen LogP contribution in [0.1, 0.15) is 10.5 Å². The number of hydrogen-bond acceptors (Lipinski definition) is 1. The van der Waals surface area contributed by atoms with Gasteiger partial charge in [0.05, 0.1) is 0 Å². The standard InChI is InChI=1S/C12H9BrF2N2O/c1-17-4-2-3-10(17)12(18)16-11-8(14)5-7(13)6-9(11)15/h2-6H,1H3,(H,16,18). The van der Waals surface area contributed by atoms with E-state index >= 15 is 0 Å². The van der Waals surface area contributed by atoms with Crippen molar-refractivity contribution in [2.24, 2.45) is 7.05 Å². The topological polar surface area (TPSA) is 34.0 Å². The Bertz CT molecular complexity index is 587. The van der Waals surface area contributed by atoms with Gasteiger partial charge in [-0.05, 0) is 24.3 Å². The number of rotatable bonds is 2. The van der Waals surface area contributed by atoms with Crippen molar-refractivity contribution in [1.29, 1.82) is 0 Å². The second kappa shape index (κ2) is 4.89. The Hall–Kier alpha value is -1.69. The number of hydrogen-bond donors (Lipinski definition) is 1. The van der Waals surface area contributed by atoms with E-state index < -0.39 is 23.2 Å². The third-order valence-electron chi connectivity index (χ3n) is 2.42. The number of anilines is 1. The van der Waals surface area contributed by atoms with E-state index in [1.807, 2.05) is 0 Å². The molecule has 94 valence electrons. The lowest BCUT2D eigenvalue weighted by atomic mass is 10.2. The summed E-state index contributed by atoms with van der Waals surface area (Å²) < 4.78 is 28.9. The lowest BCUT2D eigenvalue weighted by molar-refractivity contribution is 0.101. The zero-order valence-electron chi connectivity index (χ0n) is 9.38. The Labute approximate surface area is 111 Å². The molecular formula is C12H9BrF2N2O. The fourth-order valence-corrected chi connectivity index (χ4v) is 1.94. The van der Waals surface area contributed by atoms with Crippen LogP contribution in [0.2, 0.25) is 0 Å². The monoisotopic (exact) mass is 314 g/mol. The molecule has 3 nitrogen and oxygen atoms in total. The van der Waals surface area contributed by atoms with Gasteiger partial charge in [0, 0.05) is 17.7 Å². The van der Waals surface area contributed by atoms with Gasteiger partial charge in [-0.15, -0.1) is 0 Å². The minimum absolute atomic E-state index is 0.273. The maximum Gasteiger partial charge on any atom is 0.272 e. The first kappa shape index (κ1) is 12.8. The van der Waals surface area contributed by atoms with Crippen molar-refractivity contribution in [3.8, 4) is 0 Å². The number of nitrogens with one attached hydrogen (secondary N) is 1. The number of benzene rings is 1. The van der Waals surface area contributed by atoms with Gasteiger partial charge >= 0.3 is 0 Å². The van der Waals surface area contributed by atoms with E-state index in [1.165, 1.54) is 0 Å². The first-order chi connectivity index (χ1) is 8.49. The Balaban J connectivity index is 2.31. The number of aryl methyl sites for hydroxylation is 1. The van der Waals surface area contributed by atoms with Crippen molar-refractivity contribution < 1.29 is 13.6 Å². The molecule has 0 saturated carbocycles. The molecule has 0 fully saturated rings. The highest BCUT2D eigenvalue weighted by molar-refractivity contribution is 9.10. The fraction of sp³-hybridized carbons (Fsp3) is 0.0833. The van der Waals surface area contributed by atoms with E-state index in [4.69, 9.17) is 0 Å². The van der Waals surface area contributed by atoms with Crippen LogP contribution in [0.15, 0.2) is 34.9 Å². The Morgan fingerprint density at radius 2 is 1.94 bits per heavy atom. The number of nitrogens with zero attached hydrogens (tertiary/aromatic N) is 1. The van der Waals surface area contributed by atoms with E-state index in [9.17, 15) is 13.6 Å². The van der Waals surface area contributed by atoms with Crippen LogP contribution in [0.25, 0.3) is 0 Å². The minimum Gasteiger partial charge on any atom is -0.347 e. The van der Waals surface area contributed by atoms with Gasteiger partial charge in [0.1, 0.15) is 11.4 Å². The molecule has 0 spiro atoms. The van der Waals surface area contributed by atoms with Crippen LogP contribution in [0, 0.1) is 11.6 Å². The average molecular weight is 315 g/mol. The summed E-state index contributed by atoms with van der Waals surface area (Å²) >= 11 is 2.97.